The summed E-state index contributed by atoms with van der Waals surface area (Å²) in [6.45, 7) is 3.17. The van der Waals surface area contributed by atoms with Crippen molar-refractivity contribution >= 4 is 0 Å². The van der Waals surface area contributed by atoms with Gasteiger partial charge in [-0.05, 0) is 68.6 Å². The number of rotatable bonds is 4. The molecule has 0 saturated heterocycles. The molecule has 110 valence electrons. The molecule has 1 atom stereocenters. The summed E-state index contributed by atoms with van der Waals surface area (Å²) >= 11 is 0. The van der Waals surface area contributed by atoms with Crippen LogP contribution in [0.1, 0.15) is 44.9 Å². The first kappa shape index (κ1) is 12.8. The van der Waals surface area contributed by atoms with Crippen LogP contribution in [0.4, 0.5) is 0 Å². The van der Waals surface area contributed by atoms with E-state index in [1.165, 1.54) is 32.1 Å². The van der Waals surface area contributed by atoms with E-state index in [2.05, 4.69) is 14.8 Å². The second kappa shape index (κ2) is 4.83. The van der Waals surface area contributed by atoms with Gasteiger partial charge in [-0.25, -0.2) is 0 Å². The molecule has 4 aliphatic rings. The predicted molar refractivity (Wildman–Crippen MR) is 77.9 cm³/mol. The highest BCUT2D eigenvalue weighted by atomic mass is 15.3. The Bertz CT molecular complexity index is 451. The van der Waals surface area contributed by atoms with Crippen LogP contribution in [0.25, 0.3) is 0 Å². The molecule has 1 heterocycles. The van der Waals surface area contributed by atoms with Gasteiger partial charge in [0.05, 0.1) is 0 Å². The second-order valence-electron chi connectivity index (χ2n) is 7.68. The van der Waals surface area contributed by atoms with Gasteiger partial charge in [0.15, 0.2) is 0 Å². The standard InChI is InChI=1S/C16H26N4/c1-10(17)2-16-19-18-9-20(16)8-15-13-4-11-3-12(6-13)7-14(15)5-11/h9-15H,2-8,17H2,1H3. The summed E-state index contributed by atoms with van der Waals surface area (Å²) < 4.78 is 2.29. The fraction of sp³-hybridized carbons (Fsp3) is 0.875. The van der Waals surface area contributed by atoms with E-state index < -0.39 is 0 Å². The first-order valence-corrected chi connectivity index (χ1v) is 8.31. The molecule has 1 aromatic rings. The van der Waals surface area contributed by atoms with Crippen LogP contribution in [0.5, 0.6) is 0 Å². The Labute approximate surface area is 121 Å². The van der Waals surface area contributed by atoms with Crippen molar-refractivity contribution in [2.24, 2.45) is 35.3 Å². The first-order chi connectivity index (χ1) is 9.69. The normalized spacial score (nSPS) is 40.2. The van der Waals surface area contributed by atoms with Crippen LogP contribution in [0.2, 0.25) is 0 Å². The molecule has 0 aliphatic heterocycles. The van der Waals surface area contributed by atoms with Gasteiger partial charge in [0.2, 0.25) is 0 Å². The fourth-order valence-electron chi connectivity index (χ4n) is 5.44. The van der Waals surface area contributed by atoms with E-state index >= 15 is 0 Å². The van der Waals surface area contributed by atoms with Crippen LogP contribution >= 0.6 is 0 Å². The summed E-state index contributed by atoms with van der Waals surface area (Å²) in [7, 11) is 0. The van der Waals surface area contributed by atoms with Gasteiger partial charge < -0.3 is 10.3 Å². The molecular weight excluding hydrogens is 248 g/mol. The molecule has 0 aromatic carbocycles. The highest BCUT2D eigenvalue weighted by Crippen LogP contribution is 2.56. The van der Waals surface area contributed by atoms with E-state index in [0.29, 0.717) is 0 Å². The molecule has 20 heavy (non-hydrogen) atoms. The summed E-state index contributed by atoms with van der Waals surface area (Å²) in [6, 6.07) is 0.163. The van der Waals surface area contributed by atoms with E-state index in [1.54, 1.807) is 0 Å². The first-order valence-electron chi connectivity index (χ1n) is 8.31. The van der Waals surface area contributed by atoms with Crippen molar-refractivity contribution in [3.8, 4) is 0 Å². The van der Waals surface area contributed by atoms with E-state index in [-0.39, 0.29) is 6.04 Å². The summed E-state index contributed by atoms with van der Waals surface area (Å²) in [5.41, 5.74) is 5.92. The third-order valence-electron chi connectivity index (χ3n) is 6.03. The van der Waals surface area contributed by atoms with Crippen LogP contribution in [-0.4, -0.2) is 20.8 Å². The van der Waals surface area contributed by atoms with Crippen molar-refractivity contribution in [1.82, 2.24) is 14.8 Å². The number of aromatic nitrogens is 3. The molecule has 4 saturated carbocycles. The average molecular weight is 274 g/mol. The van der Waals surface area contributed by atoms with E-state index in [9.17, 15) is 0 Å². The molecule has 4 heteroatoms. The Morgan fingerprint density at radius 1 is 1.20 bits per heavy atom. The third-order valence-corrected chi connectivity index (χ3v) is 6.03. The van der Waals surface area contributed by atoms with Gasteiger partial charge in [-0.2, -0.15) is 0 Å². The quantitative estimate of drug-likeness (QED) is 0.916. The van der Waals surface area contributed by atoms with Crippen LogP contribution in [-0.2, 0) is 13.0 Å². The van der Waals surface area contributed by atoms with Gasteiger partial charge >= 0.3 is 0 Å². The molecule has 1 aromatic heterocycles. The maximum absolute atomic E-state index is 5.92. The molecule has 0 radical (unpaired) electrons. The molecule has 0 amide bonds. The summed E-state index contributed by atoms with van der Waals surface area (Å²) in [5, 5.41) is 8.39. The van der Waals surface area contributed by atoms with Crippen molar-refractivity contribution in [2.45, 2.75) is 58.0 Å². The SMILES string of the molecule is CC(N)Cc1nncn1CC1C2CC3CC(C2)CC1C3. The highest BCUT2D eigenvalue weighted by Gasteiger charge is 2.48. The zero-order valence-corrected chi connectivity index (χ0v) is 12.4. The zero-order chi connectivity index (χ0) is 13.7. The van der Waals surface area contributed by atoms with Gasteiger partial charge in [0, 0.05) is 19.0 Å². The lowest BCUT2D eigenvalue weighted by molar-refractivity contribution is -0.0433. The molecule has 4 aliphatic carbocycles. The minimum absolute atomic E-state index is 0.163. The lowest BCUT2D eigenvalue weighted by Crippen LogP contribution is -2.46. The van der Waals surface area contributed by atoms with Crippen molar-refractivity contribution in [2.75, 3.05) is 0 Å². The number of hydrogen-bond acceptors (Lipinski definition) is 3. The summed E-state index contributed by atoms with van der Waals surface area (Å²) in [5.74, 6) is 5.99. The van der Waals surface area contributed by atoms with Crippen molar-refractivity contribution in [1.29, 1.82) is 0 Å². The molecule has 4 fully saturated rings. The molecule has 0 spiro atoms. The Balaban J connectivity index is 1.50. The van der Waals surface area contributed by atoms with E-state index in [0.717, 1.165) is 48.4 Å². The van der Waals surface area contributed by atoms with Gasteiger partial charge in [-0.15, -0.1) is 10.2 Å². The van der Waals surface area contributed by atoms with Crippen LogP contribution < -0.4 is 5.73 Å². The maximum Gasteiger partial charge on any atom is 0.134 e. The summed E-state index contributed by atoms with van der Waals surface area (Å²) in [6.07, 6.45) is 10.2. The predicted octanol–water partition coefficient (Wildman–Crippen LogP) is 2.24. The number of hydrogen-bond donors (Lipinski definition) is 1. The van der Waals surface area contributed by atoms with Crippen molar-refractivity contribution in [3.63, 3.8) is 0 Å². The molecule has 1 unspecified atom stereocenters. The van der Waals surface area contributed by atoms with Crippen molar-refractivity contribution in [3.05, 3.63) is 12.2 Å². The average Bonchev–Trinajstić information content (AvgIpc) is 2.79. The zero-order valence-electron chi connectivity index (χ0n) is 12.4. The van der Waals surface area contributed by atoms with E-state index in [1.807, 2.05) is 13.3 Å². The Morgan fingerprint density at radius 3 is 2.45 bits per heavy atom. The minimum Gasteiger partial charge on any atom is -0.328 e. The molecular formula is C16H26N4. The Hall–Kier alpha value is -0.900. The molecule has 4 nitrogen and oxygen atoms in total. The Kier molecular flexibility index (Phi) is 3.09. The Morgan fingerprint density at radius 2 is 1.85 bits per heavy atom. The monoisotopic (exact) mass is 274 g/mol. The second-order valence-corrected chi connectivity index (χ2v) is 7.68. The van der Waals surface area contributed by atoms with E-state index in [4.69, 9.17) is 5.73 Å². The molecule has 2 N–H and O–H groups in total. The topological polar surface area (TPSA) is 56.7 Å². The molecule has 5 rings (SSSR count). The van der Waals surface area contributed by atoms with Crippen molar-refractivity contribution < 1.29 is 0 Å². The lowest BCUT2D eigenvalue weighted by atomic mass is 9.52. The van der Waals surface area contributed by atoms with Gasteiger partial charge in [0.1, 0.15) is 12.2 Å². The van der Waals surface area contributed by atoms with Crippen LogP contribution in [0.3, 0.4) is 0 Å². The van der Waals surface area contributed by atoms with Gasteiger partial charge in [-0.1, -0.05) is 0 Å². The lowest BCUT2D eigenvalue weighted by Gasteiger charge is -2.54. The maximum atomic E-state index is 5.92. The minimum atomic E-state index is 0.163. The smallest absolute Gasteiger partial charge is 0.134 e. The largest absolute Gasteiger partial charge is 0.328 e. The number of nitrogens with two attached hydrogens (primary N) is 1. The highest BCUT2D eigenvalue weighted by molar-refractivity contribution is 4.99. The third kappa shape index (κ3) is 2.18. The molecule has 4 bridgehead atoms. The van der Waals surface area contributed by atoms with Gasteiger partial charge in [0.25, 0.3) is 0 Å². The summed E-state index contributed by atoms with van der Waals surface area (Å²) in [4.78, 5) is 0. The van der Waals surface area contributed by atoms with Gasteiger partial charge in [-0.3, -0.25) is 0 Å². The van der Waals surface area contributed by atoms with Crippen LogP contribution in [0, 0.1) is 29.6 Å². The van der Waals surface area contributed by atoms with Crippen LogP contribution in [0.15, 0.2) is 6.33 Å². The fourth-order valence-corrected chi connectivity index (χ4v) is 5.44. The number of nitrogens with zero attached hydrogens (tertiary/aromatic N) is 3.